The fourth-order valence-corrected chi connectivity index (χ4v) is 1.79. The number of rotatable bonds is 5. The van der Waals surface area contributed by atoms with Gasteiger partial charge in [-0.2, -0.15) is 0 Å². The van der Waals surface area contributed by atoms with Crippen molar-refractivity contribution >= 4 is 5.91 Å². The third kappa shape index (κ3) is 3.80. The first-order valence-corrected chi connectivity index (χ1v) is 5.74. The Labute approximate surface area is 91.5 Å². The molecule has 1 aliphatic rings. The minimum absolute atomic E-state index is 0.0314. The first-order valence-electron chi connectivity index (χ1n) is 5.74. The minimum atomic E-state index is -0.241. The number of carbonyl (C=O) groups is 1. The maximum atomic E-state index is 11.7. The lowest BCUT2D eigenvalue weighted by molar-refractivity contribution is -0.131. The summed E-state index contributed by atoms with van der Waals surface area (Å²) in [5, 5.41) is 2.92. The van der Waals surface area contributed by atoms with Crippen LogP contribution in [-0.4, -0.2) is 31.7 Å². The highest BCUT2D eigenvalue weighted by molar-refractivity contribution is 5.81. The second-order valence-corrected chi connectivity index (χ2v) is 4.49. The van der Waals surface area contributed by atoms with Crippen molar-refractivity contribution in [3.8, 4) is 0 Å². The Bertz CT molecular complexity index is 209. The van der Waals surface area contributed by atoms with Crippen molar-refractivity contribution in [1.82, 2.24) is 5.32 Å². The van der Waals surface area contributed by atoms with E-state index in [4.69, 9.17) is 10.5 Å². The molecule has 15 heavy (non-hydrogen) atoms. The van der Waals surface area contributed by atoms with Crippen LogP contribution in [0.15, 0.2) is 0 Å². The summed E-state index contributed by atoms with van der Waals surface area (Å²) in [5.41, 5.74) is 5.44. The molecule has 0 aromatic carbocycles. The highest BCUT2D eigenvalue weighted by Crippen LogP contribution is 2.19. The highest BCUT2D eigenvalue weighted by atomic mass is 16.5. The fourth-order valence-electron chi connectivity index (χ4n) is 1.79. The van der Waals surface area contributed by atoms with Gasteiger partial charge >= 0.3 is 0 Å². The molecule has 1 aliphatic heterocycles. The van der Waals surface area contributed by atoms with Gasteiger partial charge in [-0.25, -0.2) is 0 Å². The predicted molar refractivity (Wildman–Crippen MR) is 59.4 cm³/mol. The molecule has 0 bridgehead atoms. The van der Waals surface area contributed by atoms with Gasteiger partial charge in [0, 0.05) is 13.2 Å². The van der Waals surface area contributed by atoms with Gasteiger partial charge in [0.2, 0.25) is 5.91 Å². The summed E-state index contributed by atoms with van der Waals surface area (Å²) >= 11 is 0. The Kier molecular flexibility index (Phi) is 5.05. The molecule has 3 unspecified atom stereocenters. The molecular weight excluding hydrogens is 192 g/mol. The molecule has 1 amide bonds. The van der Waals surface area contributed by atoms with E-state index in [1.54, 1.807) is 0 Å². The molecule has 1 saturated heterocycles. The number of nitrogens with one attached hydrogen (secondary N) is 1. The summed E-state index contributed by atoms with van der Waals surface area (Å²) in [4.78, 5) is 11.7. The van der Waals surface area contributed by atoms with Gasteiger partial charge in [-0.3, -0.25) is 4.79 Å². The number of nitrogens with two attached hydrogens (primary N) is 1. The SMILES string of the molecule is CC(CCN)CNC(=O)C1OCCC1C. The van der Waals surface area contributed by atoms with Crippen LogP contribution in [0.5, 0.6) is 0 Å². The fraction of sp³-hybridized carbons (Fsp3) is 0.909. The van der Waals surface area contributed by atoms with Crippen LogP contribution in [0.25, 0.3) is 0 Å². The summed E-state index contributed by atoms with van der Waals surface area (Å²) in [6, 6.07) is 0. The van der Waals surface area contributed by atoms with Gasteiger partial charge in [0.25, 0.3) is 0 Å². The second-order valence-electron chi connectivity index (χ2n) is 4.49. The maximum absolute atomic E-state index is 11.7. The molecule has 1 fully saturated rings. The second kappa shape index (κ2) is 6.08. The zero-order chi connectivity index (χ0) is 11.3. The van der Waals surface area contributed by atoms with Crippen molar-refractivity contribution < 1.29 is 9.53 Å². The Morgan fingerprint density at radius 2 is 2.40 bits per heavy atom. The molecule has 0 radical (unpaired) electrons. The van der Waals surface area contributed by atoms with Crippen molar-refractivity contribution in [2.75, 3.05) is 19.7 Å². The number of carbonyl (C=O) groups excluding carboxylic acids is 1. The van der Waals surface area contributed by atoms with Crippen LogP contribution in [0.2, 0.25) is 0 Å². The van der Waals surface area contributed by atoms with Gasteiger partial charge in [-0.15, -0.1) is 0 Å². The summed E-state index contributed by atoms with van der Waals surface area (Å²) in [5.74, 6) is 0.814. The lowest BCUT2D eigenvalue weighted by Gasteiger charge is -2.16. The maximum Gasteiger partial charge on any atom is 0.249 e. The first-order chi connectivity index (χ1) is 7.15. The summed E-state index contributed by atoms with van der Waals surface area (Å²) in [6.07, 6.45) is 1.69. The largest absolute Gasteiger partial charge is 0.368 e. The van der Waals surface area contributed by atoms with Crippen molar-refractivity contribution in [2.45, 2.75) is 32.8 Å². The van der Waals surface area contributed by atoms with Gasteiger partial charge in [-0.05, 0) is 31.2 Å². The Morgan fingerprint density at radius 3 is 2.93 bits per heavy atom. The highest BCUT2D eigenvalue weighted by Gasteiger charge is 2.30. The minimum Gasteiger partial charge on any atom is -0.368 e. The lowest BCUT2D eigenvalue weighted by Crippen LogP contribution is -2.39. The average Bonchev–Trinajstić information content (AvgIpc) is 2.61. The van der Waals surface area contributed by atoms with Crippen LogP contribution in [-0.2, 0) is 9.53 Å². The molecule has 0 spiro atoms. The third-order valence-electron chi connectivity index (χ3n) is 2.93. The smallest absolute Gasteiger partial charge is 0.249 e. The summed E-state index contributed by atoms with van der Waals surface area (Å²) in [6.45, 7) is 6.22. The quantitative estimate of drug-likeness (QED) is 0.701. The van der Waals surface area contributed by atoms with Crippen LogP contribution in [0.3, 0.4) is 0 Å². The number of amides is 1. The Hall–Kier alpha value is -0.610. The molecule has 0 saturated carbocycles. The van der Waals surface area contributed by atoms with Gasteiger partial charge in [-0.1, -0.05) is 13.8 Å². The van der Waals surface area contributed by atoms with Gasteiger partial charge in [0.15, 0.2) is 0 Å². The number of hydrogen-bond acceptors (Lipinski definition) is 3. The molecule has 3 N–H and O–H groups in total. The van der Waals surface area contributed by atoms with Gasteiger partial charge in [0.05, 0.1) is 0 Å². The van der Waals surface area contributed by atoms with E-state index >= 15 is 0 Å². The summed E-state index contributed by atoms with van der Waals surface area (Å²) < 4.78 is 5.38. The van der Waals surface area contributed by atoms with Crippen LogP contribution in [0.4, 0.5) is 0 Å². The molecule has 1 rings (SSSR count). The van der Waals surface area contributed by atoms with E-state index < -0.39 is 0 Å². The molecule has 0 aliphatic carbocycles. The van der Waals surface area contributed by atoms with E-state index in [1.807, 2.05) is 0 Å². The lowest BCUT2D eigenvalue weighted by atomic mass is 10.0. The summed E-state index contributed by atoms with van der Waals surface area (Å²) in [7, 11) is 0. The standard InChI is InChI=1S/C11H22N2O2/c1-8(3-5-12)7-13-11(14)10-9(2)4-6-15-10/h8-10H,3-7,12H2,1-2H3,(H,13,14). The van der Waals surface area contributed by atoms with Crippen molar-refractivity contribution in [3.63, 3.8) is 0 Å². The van der Waals surface area contributed by atoms with E-state index in [0.717, 1.165) is 12.8 Å². The molecule has 0 aromatic rings. The number of ether oxygens (including phenoxy) is 1. The Morgan fingerprint density at radius 1 is 1.67 bits per heavy atom. The van der Waals surface area contributed by atoms with Gasteiger partial charge < -0.3 is 15.8 Å². The van der Waals surface area contributed by atoms with Gasteiger partial charge in [0.1, 0.15) is 6.10 Å². The Balaban J connectivity index is 2.23. The van der Waals surface area contributed by atoms with Crippen molar-refractivity contribution in [3.05, 3.63) is 0 Å². The van der Waals surface area contributed by atoms with Crippen LogP contribution in [0, 0.1) is 11.8 Å². The van der Waals surface area contributed by atoms with E-state index in [0.29, 0.717) is 31.5 Å². The molecule has 0 aromatic heterocycles. The number of hydrogen-bond donors (Lipinski definition) is 2. The molecule has 88 valence electrons. The van der Waals surface area contributed by atoms with Crippen LogP contribution < -0.4 is 11.1 Å². The van der Waals surface area contributed by atoms with Crippen molar-refractivity contribution in [2.24, 2.45) is 17.6 Å². The van der Waals surface area contributed by atoms with E-state index in [-0.39, 0.29) is 12.0 Å². The monoisotopic (exact) mass is 214 g/mol. The third-order valence-corrected chi connectivity index (χ3v) is 2.93. The van der Waals surface area contributed by atoms with E-state index in [9.17, 15) is 4.79 Å². The molecule has 4 heteroatoms. The van der Waals surface area contributed by atoms with Crippen molar-refractivity contribution in [1.29, 1.82) is 0 Å². The first kappa shape index (κ1) is 12.5. The normalized spacial score (nSPS) is 27.7. The molecule has 4 nitrogen and oxygen atoms in total. The zero-order valence-electron chi connectivity index (χ0n) is 9.66. The molecule has 3 atom stereocenters. The van der Waals surface area contributed by atoms with Crippen LogP contribution in [0.1, 0.15) is 26.7 Å². The molecule has 1 heterocycles. The average molecular weight is 214 g/mol. The topological polar surface area (TPSA) is 64.3 Å². The van der Waals surface area contributed by atoms with E-state index in [2.05, 4.69) is 19.2 Å². The zero-order valence-corrected chi connectivity index (χ0v) is 9.66. The molecular formula is C11H22N2O2. The predicted octanol–water partition coefficient (Wildman–Crippen LogP) is 0.513. The van der Waals surface area contributed by atoms with Crippen LogP contribution >= 0.6 is 0 Å². The van der Waals surface area contributed by atoms with E-state index in [1.165, 1.54) is 0 Å².